The van der Waals surface area contributed by atoms with Crippen LogP contribution in [-0.4, -0.2) is 17.4 Å². The van der Waals surface area contributed by atoms with Gasteiger partial charge in [-0.2, -0.15) is 0 Å². The first-order chi connectivity index (χ1) is 3.19. The molecular formula is C5H9FO. The Kier molecular flexibility index (Phi) is 0.854. The number of hydrogen-bond acceptors (Lipinski definition) is 1. The van der Waals surface area contributed by atoms with Crippen molar-refractivity contribution < 1.29 is 9.50 Å². The van der Waals surface area contributed by atoms with Gasteiger partial charge in [0, 0.05) is 0 Å². The molecule has 0 saturated heterocycles. The quantitative estimate of drug-likeness (QED) is 0.520. The molecule has 0 radical (unpaired) electrons. The van der Waals surface area contributed by atoms with Crippen LogP contribution in [0.15, 0.2) is 0 Å². The molecule has 2 heteroatoms. The molecule has 1 N–H and O–H groups in total. The zero-order chi connectivity index (χ0) is 5.49. The number of halogens is 1. The fourth-order valence-corrected chi connectivity index (χ4v) is 0.670. The second kappa shape index (κ2) is 1.19. The predicted octanol–water partition coefficient (Wildman–Crippen LogP) is 0.727. The van der Waals surface area contributed by atoms with Gasteiger partial charge in [0.25, 0.3) is 0 Å². The Morgan fingerprint density at radius 1 is 2.00 bits per heavy atom. The van der Waals surface area contributed by atoms with Gasteiger partial charge in [-0.25, -0.2) is 4.39 Å². The third kappa shape index (κ3) is 0.630. The summed E-state index contributed by atoms with van der Waals surface area (Å²) in [6.07, 6.45) is 0.545. The van der Waals surface area contributed by atoms with Crippen molar-refractivity contribution in [2.45, 2.75) is 19.0 Å². The molecule has 42 valence electrons. The second-order valence-electron chi connectivity index (χ2n) is 2.30. The maximum Gasteiger partial charge on any atom is 0.137 e. The third-order valence-electron chi connectivity index (χ3n) is 1.63. The van der Waals surface area contributed by atoms with Crippen LogP contribution >= 0.6 is 0 Å². The lowest BCUT2D eigenvalue weighted by Crippen LogP contribution is -2.07. The molecule has 1 nitrogen and oxygen atoms in total. The maximum atomic E-state index is 12.4. The highest BCUT2D eigenvalue weighted by Gasteiger charge is 2.51. The lowest BCUT2D eigenvalue weighted by atomic mass is 10.3. The van der Waals surface area contributed by atoms with Gasteiger partial charge < -0.3 is 5.11 Å². The predicted molar refractivity (Wildman–Crippen MR) is 24.7 cm³/mol. The van der Waals surface area contributed by atoms with E-state index in [0.29, 0.717) is 6.42 Å². The Bertz CT molecular complexity index is 80.1. The summed E-state index contributed by atoms with van der Waals surface area (Å²) in [7, 11) is 0. The summed E-state index contributed by atoms with van der Waals surface area (Å²) in [6.45, 7) is 1.50. The molecular weight excluding hydrogens is 95.1 g/mol. The second-order valence-corrected chi connectivity index (χ2v) is 2.30. The van der Waals surface area contributed by atoms with E-state index in [0.717, 1.165) is 0 Å². The number of aliphatic hydroxyl groups excluding tert-OH is 1. The van der Waals surface area contributed by atoms with Crippen molar-refractivity contribution in [3.05, 3.63) is 0 Å². The Hall–Kier alpha value is -0.110. The summed E-state index contributed by atoms with van der Waals surface area (Å²) in [5.74, 6) is 0.0949. The van der Waals surface area contributed by atoms with Crippen molar-refractivity contribution >= 4 is 0 Å². The van der Waals surface area contributed by atoms with Crippen molar-refractivity contribution in [2.75, 3.05) is 6.61 Å². The molecule has 0 heterocycles. The first kappa shape index (κ1) is 5.04. The average Bonchev–Trinajstić information content (AvgIpc) is 2.18. The first-order valence-electron chi connectivity index (χ1n) is 2.49. The summed E-state index contributed by atoms with van der Waals surface area (Å²) in [6, 6.07) is 0. The first-order valence-corrected chi connectivity index (χ1v) is 2.49. The van der Waals surface area contributed by atoms with Crippen molar-refractivity contribution in [1.82, 2.24) is 0 Å². The number of alkyl halides is 1. The zero-order valence-electron chi connectivity index (χ0n) is 4.32. The van der Waals surface area contributed by atoms with Crippen LogP contribution in [0.4, 0.5) is 4.39 Å². The fraction of sp³-hybridized carbons (Fsp3) is 1.00. The van der Waals surface area contributed by atoms with Gasteiger partial charge in [-0.1, -0.05) is 6.92 Å². The van der Waals surface area contributed by atoms with Gasteiger partial charge in [0.2, 0.25) is 0 Å². The zero-order valence-corrected chi connectivity index (χ0v) is 4.32. The Morgan fingerprint density at radius 3 is 2.43 bits per heavy atom. The standard InChI is InChI=1S/C5H9FO/c1-4-2-5(4,6)3-7/h4,7H,2-3H2,1H3/t4-,5+/m0/s1. The third-order valence-corrected chi connectivity index (χ3v) is 1.63. The smallest absolute Gasteiger partial charge is 0.137 e. The van der Waals surface area contributed by atoms with Gasteiger partial charge in [-0.3, -0.25) is 0 Å². The van der Waals surface area contributed by atoms with Gasteiger partial charge in [-0.15, -0.1) is 0 Å². The summed E-state index contributed by atoms with van der Waals surface area (Å²) < 4.78 is 12.4. The molecule has 1 aliphatic rings. The lowest BCUT2D eigenvalue weighted by Gasteiger charge is -1.95. The number of hydrogen-bond donors (Lipinski definition) is 1. The van der Waals surface area contributed by atoms with Gasteiger partial charge in [0.15, 0.2) is 0 Å². The molecule has 0 amide bonds. The van der Waals surface area contributed by atoms with Crippen LogP contribution in [-0.2, 0) is 0 Å². The van der Waals surface area contributed by atoms with Crippen LogP contribution in [0, 0.1) is 5.92 Å². The Balaban J connectivity index is 2.36. The van der Waals surface area contributed by atoms with E-state index in [9.17, 15) is 4.39 Å². The molecule has 0 aliphatic heterocycles. The van der Waals surface area contributed by atoms with Crippen molar-refractivity contribution in [3.63, 3.8) is 0 Å². The SMILES string of the molecule is C[C@H]1C[C@@]1(F)CO. The van der Waals surface area contributed by atoms with Crippen LogP contribution < -0.4 is 0 Å². The fourth-order valence-electron chi connectivity index (χ4n) is 0.670. The molecule has 1 rings (SSSR count). The van der Waals surface area contributed by atoms with Crippen molar-refractivity contribution in [2.24, 2.45) is 5.92 Å². The van der Waals surface area contributed by atoms with Gasteiger partial charge in [0.05, 0.1) is 6.61 Å². The topological polar surface area (TPSA) is 20.2 Å². The minimum atomic E-state index is -1.19. The molecule has 0 aromatic carbocycles. The molecule has 0 aromatic rings. The molecule has 0 bridgehead atoms. The average molecular weight is 104 g/mol. The normalized spacial score (nSPS) is 49.3. The molecule has 2 atom stereocenters. The molecule has 0 spiro atoms. The largest absolute Gasteiger partial charge is 0.393 e. The summed E-state index contributed by atoms with van der Waals surface area (Å²) >= 11 is 0. The van der Waals surface area contributed by atoms with Crippen LogP contribution in [0.3, 0.4) is 0 Å². The van der Waals surface area contributed by atoms with Gasteiger partial charge >= 0.3 is 0 Å². The van der Waals surface area contributed by atoms with Gasteiger partial charge in [0.1, 0.15) is 5.67 Å². The summed E-state index contributed by atoms with van der Waals surface area (Å²) in [5, 5.41) is 8.26. The van der Waals surface area contributed by atoms with E-state index < -0.39 is 5.67 Å². The van der Waals surface area contributed by atoms with E-state index in [2.05, 4.69) is 0 Å². The van der Waals surface area contributed by atoms with Crippen LogP contribution in [0.5, 0.6) is 0 Å². The monoisotopic (exact) mass is 104 g/mol. The molecule has 7 heavy (non-hydrogen) atoms. The minimum Gasteiger partial charge on any atom is -0.393 e. The highest BCUT2D eigenvalue weighted by molar-refractivity contribution is 5.00. The summed E-state index contributed by atoms with van der Waals surface area (Å²) in [4.78, 5) is 0. The highest BCUT2D eigenvalue weighted by Crippen LogP contribution is 2.45. The van der Waals surface area contributed by atoms with Crippen LogP contribution in [0.1, 0.15) is 13.3 Å². The van der Waals surface area contributed by atoms with E-state index in [-0.39, 0.29) is 12.5 Å². The lowest BCUT2D eigenvalue weighted by molar-refractivity contribution is 0.148. The van der Waals surface area contributed by atoms with Gasteiger partial charge in [-0.05, 0) is 12.3 Å². The minimum absolute atomic E-state index is 0.0949. The van der Waals surface area contributed by atoms with E-state index in [1.165, 1.54) is 0 Å². The molecule has 0 unspecified atom stereocenters. The molecule has 0 aromatic heterocycles. The molecule has 1 saturated carbocycles. The van der Waals surface area contributed by atoms with E-state index in [1.54, 1.807) is 6.92 Å². The number of aliphatic hydroxyl groups is 1. The summed E-state index contributed by atoms with van der Waals surface area (Å²) in [5.41, 5.74) is -1.19. The molecule has 1 aliphatic carbocycles. The number of rotatable bonds is 1. The van der Waals surface area contributed by atoms with E-state index >= 15 is 0 Å². The highest BCUT2D eigenvalue weighted by atomic mass is 19.1. The maximum absolute atomic E-state index is 12.4. The van der Waals surface area contributed by atoms with Crippen molar-refractivity contribution in [1.29, 1.82) is 0 Å². The van der Waals surface area contributed by atoms with Crippen LogP contribution in [0.25, 0.3) is 0 Å². The Labute approximate surface area is 42.2 Å². The Morgan fingerprint density at radius 2 is 2.43 bits per heavy atom. The molecule has 1 fully saturated rings. The van der Waals surface area contributed by atoms with Crippen LogP contribution in [0.2, 0.25) is 0 Å². The van der Waals surface area contributed by atoms with E-state index in [1.807, 2.05) is 0 Å². The van der Waals surface area contributed by atoms with Crippen molar-refractivity contribution in [3.8, 4) is 0 Å². The van der Waals surface area contributed by atoms with E-state index in [4.69, 9.17) is 5.11 Å².